The van der Waals surface area contributed by atoms with Gasteiger partial charge in [0.15, 0.2) is 0 Å². The van der Waals surface area contributed by atoms with E-state index in [1.165, 1.54) is 33.6 Å². The molecule has 0 atom stereocenters. The van der Waals surface area contributed by atoms with Crippen molar-refractivity contribution in [1.82, 2.24) is 4.90 Å². The van der Waals surface area contributed by atoms with Gasteiger partial charge in [0.1, 0.15) is 0 Å². The second-order valence-corrected chi connectivity index (χ2v) is 11.1. The van der Waals surface area contributed by atoms with Gasteiger partial charge in [0.25, 0.3) is 0 Å². The van der Waals surface area contributed by atoms with Crippen LogP contribution in [0.5, 0.6) is 0 Å². The third-order valence-corrected chi connectivity index (χ3v) is 7.54. The maximum atomic E-state index is 6.27. The summed E-state index contributed by atoms with van der Waals surface area (Å²) in [5, 5.41) is 7.34. The predicted octanol–water partition coefficient (Wildman–Crippen LogP) is 5.90. The predicted molar refractivity (Wildman–Crippen MR) is 131 cm³/mol. The molecule has 0 radical (unpaired) electrons. The zero-order valence-electron chi connectivity index (χ0n) is 18.9. The first-order chi connectivity index (χ1) is 14.5. The molecule has 0 spiro atoms. The molecule has 0 amide bonds. The number of benzene rings is 2. The minimum atomic E-state index is -1.12. The molecule has 0 aromatic heterocycles. The van der Waals surface area contributed by atoms with Crippen molar-refractivity contribution in [3.05, 3.63) is 52.6 Å². The zero-order valence-corrected chi connectivity index (χ0v) is 21.4. The van der Waals surface area contributed by atoms with Crippen LogP contribution >= 0.6 is 20.3 Å². The molecule has 2 aromatic rings. The summed E-state index contributed by atoms with van der Waals surface area (Å²) in [6.07, 6.45) is 4.00. The Morgan fingerprint density at radius 1 is 0.800 bits per heavy atom. The topological polar surface area (TPSA) is 27.3 Å². The molecule has 2 rings (SSSR count). The fourth-order valence-corrected chi connectivity index (χ4v) is 5.51. The van der Waals surface area contributed by atoms with Crippen LogP contribution in [0.15, 0.2) is 30.3 Å². The zero-order chi connectivity index (χ0) is 22.1. The van der Waals surface area contributed by atoms with Gasteiger partial charge in [-0.3, -0.25) is 0 Å². The van der Waals surface area contributed by atoms with Gasteiger partial charge in [0.2, 0.25) is 0 Å². The summed E-state index contributed by atoms with van der Waals surface area (Å²) in [5.41, 5.74) is 7.87. The Kier molecular flexibility index (Phi) is 10.8. The van der Waals surface area contributed by atoms with Crippen molar-refractivity contribution in [2.45, 2.75) is 53.4 Å². The van der Waals surface area contributed by atoms with Gasteiger partial charge in [-0.15, -0.1) is 0 Å². The number of aryl methyl sites for hydroxylation is 3. The number of anilines is 2. The molecule has 0 saturated carbocycles. The van der Waals surface area contributed by atoms with Crippen molar-refractivity contribution in [2.24, 2.45) is 0 Å². The average molecular weight is 496 g/mol. The van der Waals surface area contributed by atoms with Crippen molar-refractivity contribution >= 4 is 36.2 Å². The van der Waals surface area contributed by atoms with Gasteiger partial charge in [0.05, 0.1) is 0 Å². The van der Waals surface area contributed by atoms with Gasteiger partial charge in [-0.1, -0.05) is 19.9 Å². The Morgan fingerprint density at radius 2 is 1.40 bits per heavy atom. The van der Waals surface area contributed by atoms with Crippen LogP contribution in [-0.4, -0.2) is 31.7 Å². The molecule has 30 heavy (non-hydrogen) atoms. The Bertz CT molecular complexity index is 789. The van der Waals surface area contributed by atoms with E-state index in [4.69, 9.17) is 20.3 Å². The Balaban J connectivity index is 2.01. The molecule has 0 aliphatic heterocycles. The van der Waals surface area contributed by atoms with Gasteiger partial charge in [-0.2, -0.15) is 0 Å². The van der Waals surface area contributed by atoms with Crippen LogP contribution in [0, 0.1) is 0 Å². The van der Waals surface area contributed by atoms with Gasteiger partial charge in [-0.25, -0.2) is 0 Å². The molecule has 170 valence electrons. The molecule has 6 heteroatoms. The number of para-hydroxylation sites is 1. The number of nitrogens with one attached hydrogen (secondary N) is 2. The van der Waals surface area contributed by atoms with E-state index in [0.29, 0.717) is 0 Å². The summed E-state index contributed by atoms with van der Waals surface area (Å²) in [6.45, 7) is 11.4. The Labute approximate surface area is 195 Å². The van der Waals surface area contributed by atoms with E-state index < -0.39 is 11.9 Å². The van der Waals surface area contributed by atoms with Crippen molar-refractivity contribution in [1.29, 1.82) is 0 Å². The SMILES string of the molecule is CCc1cccc(CC)c1NCCN(C)CNc1c(CC)cc[c]([Co]([Cl])[Cl])c1CC. The molecule has 0 bridgehead atoms. The van der Waals surface area contributed by atoms with Crippen LogP contribution in [-0.2, 0) is 37.5 Å². The fraction of sp³-hybridized carbons (Fsp3) is 0.500. The number of rotatable bonds is 12. The van der Waals surface area contributed by atoms with Gasteiger partial charge in [0, 0.05) is 0 Å². The number of hydrogen-bond donors (Lipinski definition) is 2. The van der Waals surface area contributed by atoms with E-state index in [1.807, 2.05) is 0 Å². The van der Waals surface area contributed by atoms with Crippen molar-refractivity contribution in [3.8, 4) is 0 Å². The minimum absolute atomic E-state index is 0.781. The molecule has 0 aliphatic rings. The molecule has 2 aromatic carbocycles. The second kappa shape index (κ2) is 12.8. The Morgan fingerprint density at radius 3 is 1.93 bits per heavy atom. The van der Waals surface area contributed by atoms with Crippen molar-refractivity contribution in [2.75, 3.05) is 37.4 Å². The van der Waals surface area contributed by atoms with E-state index >= 15 is 0 Å². The summed E-state index contributed by atoms with van der Waals surface area (Å²) < 4.78 is 1.07. The van der Waals surface area contributed by atoms with Crippen LogP contribution in [0.4, 0.5) is 11.4 Å². The fourth-order valence-electron chi connectivity index (χ4n) is 3.77. The monoisotopic (exact) mass is 495 g/mol. The molecule has 0 aliphatic carbocycles. The molecular formula is C24H36Cl2CoN3. The first kappa shape index (κ1) is 25.3. The van der Waals surface area contributed by atoms with Gasteiger partial charge < -0.3 is 0 Å². The van der Waals surface area contributed by atoms with E-state index in [2.05, 4.69) is 80.6 Å². The third-order valence-electron chi connectivity index (χ3n) is 5.51. The van der Waals surface area contributed by atoms with Crippen LogP contribution in [0.25, 0.3) is 0 Å². The maximum absolute atomic E-state index is 6.27. The average Bonchev–Trinajstić information content (AvgIpc) is 2.76. The van der Waals surface area contributed by atoms with Crippen LogP contribution in [0.1, 0.15) is 49.9 Å². The van der Waals surface area contributed by atoms with Gasteiger partial charge in [-0.05, 0) is 0 Å². The molecule has 0 heterocycles. The Hall–Kier alpha value is -0.914. The van der Waals surface area contributed by atoms with E-state index in [9.17, 15) is 0 Å². The summed E-state index contributed by atoms with van der Waals surface area (Å²) in [5.74, 6) is 0. The number of hydrogen-bond acceptors (Lipinski definition) is 3. The quantitative estimate of drug-likeness (QED) is 0.359. The van der Waals surface area contributed by atoms with E-state index in [-0.39, 0.29) is 0 Å². The van der Waals surface area contributed by atoms with Gasteiger partial charge >= 0.3 is 176 Å². The molecule has 3 nitrogen and oxygen atoms in total. The summed E-state index contributed by atoms with van der Waals surface area (Å²) >= 11 is -1.12. The summed E-state index contributed by atoms with van der Waals surface area (Å²) in [6, 6.07) is 10.9. The van der Waals surface area contributed by atoms with E-state index in [0.717, 1.165) is 49.9 Å². The molecule has 0 saturated heterocycles. The molecule has 0 unspecified atom stereocenters. The van der Waals surface area contributed by atoms with Crippen molar-refractivity contribution < 1.29 is 11.9 Å². The summed E-state index contributed by atoms with van der Waals surface area (Å²) in [4.78, 5) is 2.31. The number of halogens is 2. The molecular weight excluding hydrogens is 460 g/mol. The third kappa shape index (κ3) is 6.54. The first-order valence-corrected chi connectivity index (χ1v) is 14.2. The molecule has 0 fully saturated rings. The van der Waals surface area contributed by atoms with Crippen LogP contribution < -0.4 is 15.1 Å². The summed E-state index contributed by atoms with van der Waals surface area (Å²) in [7, 11) is 14.7. The standard InChI is InChI=1S/C24H36N3.2ClH.Co/c1-6-19-12-10-13-20(7-2)23(19)25-16-17-27(5)18-26-24-21(8-3)14-11-15-22(24)9-4;;;/h10-14,25-26H,6-9,16-18H2,1-5H3;2*1H;/q;;;+2/p-2. The second-order valence-electron chi connectivity index (χ2n) is 7.42. The van der Waals surface area contributed by atoms with E-state index in [1.54, 1.807) is 0 Å². The van der Waals surface area contributed by atoms with Crippen LogP contribution in [0.2, 0.25) is 0 Å². The van der Waals surface area contributed by atoms with Crippen LogP contribution in [0.3, 0.4) is 0 Å². The normalized spacial score (nSPS) is 11.7. The number of likely N-dealkylation sites (N-methyl/N-ethyl adjacent to an activating group) is 1. The molecule has 2 N–H and O–H groups in total. The first-order valence-electron chi connectivity index (χ1n) is 10.9. The number of nitrogens with zero attached hydrogens (tertiary/aromatic N) is 1. The van der Waals surface area contributed by atoms with Crippen molar-refractivity contribution in [3.63, 3.8) is 0 Å².